The Hall–Kier alpha value is -1.61. The predicted octanol–water partition coefficient (Wildman–Crippen LogP) is 4.81. The maximum absolute atomic E-state index is 12.4. The molecule has 21 heavy (non-hydrogen) atoms. The van der Waals surface area contributed by atoms with E-state index in [1.54, 1.807) is 0 Å². The number of halogens is 1. The van der Waals surface area contributed by atoms with Crippen LogP contribution >= 0.6 is 15.9 Å². The van der Waals surface area contributed by atoms with Crippen molar-refractivity contribution in [3.8, 4) is 0 Å². The van der Waals surface area contributed by atoms with E-state index in [0.717, 1.165) is 22.0 Å². The van der Waals surface area contributed by atoms with Gasteiger partial charge in [-0.2, -0.15) is 0 Å². The van der Waals surface area contributed by atoms with Crippen molar-refractivity contribution in [2.75, 3.05) is 0 Å². The second-order valence-electron chi connectivity index (χ2n) is 5.23. The second kappa shape index (κ2) is 6.90. The van der Waals surface area contributed by atoms with Crippen LogP contribution in [-0.2, 0) is 6.42 Å². The highest BCUT2D eigenvalue weighted by molar-refractivity contribution is 9.10. The Balaban J connectivity index is 2.12. The zero-order valence-electron chi connectivity index (χ0n) is 12.6. The number of nitrogens with one attached hydrogen (secondary N) is 1. The SMILES string of the molecule is CCc1ccc(C(C)NC(=O)c2cccc(C)c2Br)cc1. The molecule has 1 atom stereocenters. The lowest BCUT2D eigenvalue weighted by atomic mass is 10.0. The number of benzene rings is 2. The zero-order chi connectivity index (χ0) is 15.4. The van der Waals surface area contributed by atoms with Crippen LogP contribution in [0.4, 0.5) is 0 Å². The van der Waals surface area contributed by atoms with Crippen LogP contribution < -0.4 is 5.32 Å². The van der Waals surface area contributed by atoms with Gasteiger partial charge in [0.1, 0.15) is 0 Å². The monoisotopic (exact) mass is 345 g/mol. The highest BCUT2D eigenvalue weighted by atomic mass is 79.9. The molecule has 0 spiro atoms. The van der Waals surface area contributed by atoms with Gasteiger partial charge in [0.05, 0.1) is 11.6 Å². The summed E-state index contributed by atoms with van der Waals surface area (Å²) in [6, 6.07) is 14.1. The van der Waals surface area contributed by atoms with Crippen molar-refractivity contribution in [2.24, 2.45) is 0 Å². The van der Waals surface area contributed by atoms with Crippen molar-refractivity contribution in [1.29, 1.82) is 0 Å². The minimum Gasteiger partial charge on any atom is -0.345 e. The molecule has 1 N–H and O–H groups in total. The molecule has 0 saturated heterocycles. The summed E-state index contributed by atoms with van der Waals surface area (Å²) in [5.41, 5.74) is 4.15. The summed E-state index contributed by atoms with van der Waals surface area (Å²) in [4.78, 5) is 12.4. The molecule has 0 heterocycles. The van der Waals surface area contributed by atoms with Crippen LogP contribution in [0.25, 0.3) is 0 Å². The van der Waals surface area contributed by atoms with E-state index in [1.165, 1.54) is 5.56 Å². The van der Waals surface area contributed by atoms with E-state index in [9.17, 15) is 4.79 Å². The van der Waals surface area contributed by atoms with Crippen molar-refractivity contribution in [2.45, 2.75) is 33.2 Å². The van der Waals surface area contributed by atoms with Crippen molar-refractivity contribution in [3.63, 3.8) is 0 Å². The third kappa shape index (κ3) is 3.73. The molecule has 0 radical (unpaired) electrons. The maximum atomic E-state index is 12.4. The summed E-state index contributed by atoms with van der Waals surface area (Å²) < 4.78 is 0.857. The number of rotatable bonds is 4. The van der Waals surface area contributed by atoms with Crippen molar-refractivity contribution >= 4 is 21.8 Å². The van der Waals surface area contributed by atoms with Gasteiger partial charge >= 0.3 is 0 Å². The van der Waals surface area contributed by atoms with Gasteiger partial charge in [-0.3, -0.25) is 4.79 Å². The maximum Gasteiger partial charge on any atom is 0.252 e. The van der Waals surface area contributed by atoms with Gasteiger partial charge in [-0.25, -0.2) is 0 Å². The smallest absolute Gasteiger partial charge is 0.252 e. The predicted molar refractivity (Wildman–Crippen MR) is 90.6 cm³/mol. The lowest BCUT2D eigenvalue weighted by molar-refractivity contribution is 0.0939. The molecule has 0 aliphatic rings. The fraction of sp³-hybridized carbons (Fsp3) is 0.278. The molecule has 0 bridgehead atoms. The lowest BCUT2D eigenvalue weighted by Gasteiger charge is -2.16. The topological polar surface area (TPSA) is 29.1 Å². The molecule has 1 unspecified atom stereocenters. The molecule has 2 aromatic rings. The third-order valence-electron chi connectivity index (χ3n) is 3.67. The van der Waals surface area contributed by atoms with E-state index >= 15 is 0 Å². The van der Waals surface area contributed by atoms with Crippen molar-refractivity contribution < 1.29 is 4.79 Å². The van der Waals surface area contributed by atoms with Crippen LogP contribution in [0.3, 0.4) is 0 Å². The number of carbonyl (C=O) groups excluding carboxylic acids is 1. The summed E-state index contributed by atoms with van der Waals surface area (Å²) in [6.07, 6.45) is 1.03. The highest BCUT2D eigenvalue weighted by Crippen LogP contribution is 2.22. The summed E-state index contributed by atoms with van der Waals surface area (Å²) in [7, 11) is 0. The summed E-state index contributed by atoms with van der Waals surface area (Å²) in [5.74, 6) is -0.0577. The number of carbonyl (C=O) groups is 1. The second-order valence-corrected chi connectivity index (χ2v) is 6.02. The van der Waals surface area contributed by atoms with Crippen LogP contribution in [-0.4, -0.2) is 5.91 Å². The van der Waals surface area contributed by atoms with E-state index in [1.807, 2.05) is 32.0 Å². The van der Waals surface area contributed by atoms with Crippen LogP contribution in [0.15, 0.2) is 46.9 Å². The van der Waals surface area contributed by atoms with Crippen LogP contribution in [0.5, 0.6) is 0 Å². The molecule has 0 aliphatic carbocycles. The van der Waals surface area contributed by atoms with Gasteiger partial charge in [0.2, 0.25) is 0 Å². The molecule has 1 amide bonds. The Morgan fingerprint density at radius 2 is 1.86 bits per heavy atom. The Bertz CT molecular complexity index is 634. The van der Waals surface area contributed by atoms with Crippen molar-refractivity contribution in [3.05, 3.63) is 69.2 Å². The highest BCUT2D eigenvalue weighted by Gasteiger charge is 2.14. The van der Waals surface area contributed by atoms with Crippen LogP contribution in [0.1, 0.15) is 46.9 Å². The van der Waals surface area contributed by atoms with Gasteiger partial charge in [0.15, 0.2) is 0 Å². The first kappa shape index (κ1) is 15.8. The van der Waals surface area contributed by atoms with E-state index in [2.05, 4.69) is 52.4 Å². The molecular formula is C18H20BrNO. The summed E-state index contributed by atoms with van der Waals surface area (Å²) in [6.45, 7) is 6.12. The van der Waals surface area contributed by atoms with E-state index in [4.69, 9.17) is 0 Å². The van der Waals surface area contributed by atoms with Crippen LogP contribution in [0, 0.1) is 6.92 Å². The first-order valence-electron chi connectivity index (χ1n) is 7.17. The average molecular weight is 346 g/mol. The van der Waals surface area contributed by atoms with Gasteiger partial charge < -0.3 is 5.32 Å². The van der Waals surface area contributed by atoms with Gasteiger partial charge in [-0.05, 0) is 59.0 Å². The lowest BCUT2D eigenvalue weighted by Crippen LogP contribution is -2.27. The number of amides is 1. The fourth-order valence-electron chi connectivity index (χ4n) is 2.22. The molecule has 0 aliphatic heterocycles. The minimum atomic E-state index is -0.0577. The first-order chi connectivity index (χ1) is 10.0. The fourth-order valence-corrected chi connectivity index (χ4v) is 2.67. The number of hydrogen-bond donors (Lipinski definition) is 1. The van der Waals surface area contributed by atoms with E-state index < -0.39 is 0 Å². The minimum absolute atomic E-state index is 0.0178. The largest absolute Gasteiger partial charge is 0.345 e. The molecule has 0 fully saturated rings. The molecule has 2 aromatic carbocycles. The van der Waals surface area contributed by atoms with Crippen molar-refractivity contribution in [1.82, 2.24) is 5.32 Å². The molecule has 2 rings (SSSR count). The van der Waals surface area contributed by atoms with E-state index in [-0.39, 0.29) is 11.9 Å². The molecule has 0 saturated carbocycles. The quantitative estimate of drug-likeness (QED) is 0.846. The summed E-state index contributed by atoms with van der Waals surface area (Å²) in [5, 5.41) is 3.05. The molecule has 3 heteroatoms. The Kier molecular flexibility index (Phi) is 5.18. The summed E-state index contributed by atoms with van der Waals surface area (Å²) >= 11 is 3.49. The average Bonchev–Trinajstić information content (AvgIpc) is 2.50. The van der Waals surface area contributed by atoms with E-state index in [0.29, 0.717) is 5.56 Å². The molecule has 2 nitrogen and oxygen atoms in total. The molecular weight excluding hydrogens is 326 g/mol. The van der Waals surface area contributed by atoms with Gasteiger partial charge in [-0.1, -0.05) is 43.3 Å². The van der Waals surface area contributed by atoms with Crippen LogP contribution in [0.2, 0.25) is 0 Å². The Morgan fingerprint density at radius 3 is 2.48 bits per heavy atom. The zero-order valence-corrected chi connectivity index (χ0v) is 14.2. The Morgan fingerprint density at radius 1 is 1.19 bits per heavy atom. The number of aryl methyl sites for hydroxylation is 2. The van der Waals surface area contributed by atoms with Gasteiger partial charge in [0, 0.05) is 4.47 Å². The molecule has 0 aromatic heterocycles. The standard InChI is InChI=1S/C18H20BrNO/c1-4-14-8-10-15(11-9-14)13(3)20-18(21)16-7-5-6-12(2)17(16)19/h5-11,13H,4H2,1-3H3,(H,20,21). The normalized spacial score (nSPS) is 12.0. The first-order valence-corrected chi connectivity index (χ1v) is 7.97. The third-order valence-corrected chi connectivity index (χ3v) is 4.72. The Labute approximate surface area is 134 Å². The van der Waals surface area contributed by atoms with Gasteiger partial charge in [0.25, 0.3) is 5.91 Å². The van der Waals surface area contributed by atoms with Gasteiger partial charge in [-0.15, -0.1) is 0 Å². The molecule has 110 valence electrons. The number of hydrogen-bond acceptors (Lipinski definition) is 1.